The minimum absolute atomic E-state index is 0.338. The van der Waals surface area contributed by atoms with E-state index < -0.39 is 6.04 Å². The molecule has 1 aromatic heterocycles. The van der Waals surface area contributed by atoms with Gasteiger partial charge >= 0.3 is 0 Å². The van der Waals surface area contributed by atoms with Gasteiger partial charge in [0.05, 0.1) is 18.1 Å². The predicted molar refractivity (Wildman–Crippen MR) is 94.6 cm³/mol. The maximum atomic E-state index is 12.3. The molecule has 0 spiro atoms. The quantitative estimate of drug-likeness (QED) is 0.665. The zero-order chi connectivity index (χ0) is 17.8. The van der Waals surface area contributed by atoms with E-state index in [2.05, 4.69) is 20.6 Å². The van der Waals surface area contributed by atoms with Crippen molar-refractivity contribution in [3.63, 3.8) is 0 Å². The van der Waals surface area contributed by atoms with Crippen LogP contribution in [-0.2, 0) is 4.79 Å². The number of imidazole rings is 1. The average Bonchev–Trinajstić information content (AvgIpc) is 3.03. The van der Waals surface area contributed by atoms with Crippen molar-refractivity contribution in [2.75, 3.05) is 12.4 Å². The Balaban J connectivity index is 1.62. The molecule has 7 heteroatoms. The summed E-state index contributed by atoms with van der Waals surface area (Å²) < 4.78 is 5.05. The van der Waals surface area contributed by atoms with Gasteiger partial charge in [-0.2, -0.15) is 0 Å². The van der Waals surface area contributed by atoms with Crippen LogP contribution in [0.25, 0.3) is 11.0 Å². The van der Waals surface area contributed by atoms with Crippen molar-refractivity contribution in [2.24, 2.45) is 0 Å². The van der Waals surface area contributed by atoms with Crippen LogP contribution in [0.4, 0.5) is 5.95 Å². The second kappa shape index (κ2) is 7.04. The zero-order valence-electron chi connectivity index (χ0n) is 13.9. The van der Waals surface area contributed by atoms with Gasteiger partial charge in [-0.15, -0.1) is 0 Å². The molecule has 0 aliphatic carbocycles. The van der Waals surface area contributed by atoms with Crippen LogP contribution in [0.1, 0.15) is 17.3 Å². The number of fused-ring (bicyclic) bond motifs is 1. The summed E-state index contributed by atoms with van der Waals surface area (Å²) in [6.45, 7) is 1.61. The van der Waals surface area contributed by atoms with E-state index in [9.17, 15) is 9.59 Å². The number of amides is 2. The molecule has 25 heavy (non-hydrogen) atoms. The summed E-state index contributed by atoms with van der Waals surface area (Å²) in [6, 6.07) is 13.4. The van der Waals surface area contributed by atoms with Gasteiger partial charge in [0.25, 0.3) is 5.91 Å². The number of anilines is 1. The van der Waals surface area contributed by atoms with E-state index >= 15 is 0 Å². The number of methoxy groups -OCH3 is 1. The van der Waals surface area contributed by atoms with Gasteiger partial charge in [0.2, 0.25) is 11.9 Å². The summed E-state index contributed by atoms with van der Waals surface area (Å²) in [6.07, 6.45) is 0. The average molecular weight is 338 g/mol. The molecular formula is C18H18N4O3. The van der Waals surface area contributed by atoms with E-state index in [4.69, 9.17) is 4.74 Å². The number of hydrogen-bond acceptors (Lipinski definition) is 4. The summed E-state index contributed by atoms with van der Waals surface area (Å²) in [5.74, 6) is 0.305. The molecule has 0 unspecified atom stereocenters. The number of aromatic amines is 1. The highest BCUT2D eigenvalue weighted by atomic mass is 16.5. The van der Waals surface area contributed by atoms with Crippen LogP contribution in [0.2, 0.25) is 0 Å². The Hall–Kier alpha value is -3.35. The number of aromatic nitrogens is 2. The number of H-pyrrole nitrogens is 1. The van der Waals surface area contributed by atoms with Crippen molar-refractivity contribution in [1.29, 1.82) is 0 Å². The van der Waals surface area contributed by atoms with Crippen LogP contribution < -0.4 is 15.4 Å². The number of nitrogens with zero attached hydrogens (tertiary/aromatic N) is 1. The van der Waals surface area contributed by atoms with Gasteiger partial charge in [-0.05, 0) is 43.3 Å². The number of rotatable bonds is 5. The predicted octanol–water partition coefficient (Wildman–Crippen LogP) is 2.33. The van der Waals surface area contributed by atoms with Gasteiger partial charge in [0.1, 0.15) is 11.8 Å². The molecule has 7 nitrogen and oxygen atoms in total. The summed E-state index contributed by atoms with van der Waals surface area (Å²) in [7, 11) is 1.56. The zero-order valence-corrected chi connectivity index (χ0v) is 13.9. The highest BCUT2D eigenvalue weighted by molar-refractivity contribution is 6.00. The molecule has 1 atom stereocenters. The maximum Gasteiger partial charge on any atom is 0.251 e. The van der Waals surface area contributed by atoms with E-state index in [1.54, 1.807) is 38.3 Å². The van der Waals surface area contributed by atoms with Crippen molar-refractivity contribution in [1.82, 2.24) is 15.3 Å². The lowest BCUT2D eigenvalue weighted by atomic mass is 10.2. The molecule has 2 aromatic carbocycles. The fraction of sp³-hybridized carbons (Fsp3) is 0.167. The van der Waals surface area contributed by atoms with Crippen molar-refractivity contribution >= 4 is 28.8 Å². The Morgan fingerprint density at radius 2 is 1.84 bits per heavy atom. The van der Waals surface area contributed by atoms with E-state index in [1.165, 1.54) is 0 Å². The first-order valence-corrected chi connectivity index (χ1v) is 7.77. The molecule has 2 amide bonds. The first-order valence-electron chi connectivity index (χ1n) is 7.77. The third kappa shape index (κ3) is 3.77. The Kier molecular flexibility index (Phi) is 4.65. The van der Waals surface area contributed by atoms with E-state index in [0.29, 0.717) is 17.3 Å². The van der Waals surface area contributed by atoms with Crippen LogP contribution in [0.15, 0.2) is 48.5 Å². The molecule has 0 aliphatic heterocycles. The third-order valence-electron chi connectivity index (χ3n) is 3.72. The number of nitrogens with one attached hydrogen (secondary N) is 3. The van der Waals surface area contributed by atoms with E-state index in [1.807, 2.05) is 24.3 Å². The number of ether oxygens (including phenoxy) is 1. The monoisotopic (exact) mass is 338 g/mol. The molecule has 0 fully saturated rings. The lowest BCUT2D eigenvalue weighted by Gasteiger charge is -2.13. The minimum atomic E-state index is -0.720. The van der Waals surface area contributed by atoms with Gasteiger partial charge in [-0.1, -0.05) is 12.1 Å². The van der Waals surface area contributed by atoms with Crippen LogP contribution in [0, 0.1) is 0 Å². The standard InChI is InChI=1S/C18H18N4O3/c1-11(19-17(24)12-7-9-13(25-2)10-8-12)16(23)22-18-20-14-5-3-4-6-15(14)21-18/h3-11H,1-2H3,(H,19,24)(H2,20,21,22,23)/t11-/m0/s1. The molecule has 3 N–H and O–H groups in total. The van der Waals surface area contributed by atoms with Crippen LogP contribution in [-0.4, -0.2) is 34.9 Å². The van der Waals surface area contributed by atoms with Crippen molar-refractivity contribution < 1.29 is 14.3 Å². The summed E-state index contributed by atoms with van der Waals surface area (Å²) in [4.78, 5) is 31.7. The molecule has 0 saturated carbocycles. The van der Waals surface area contributed by atoms with Gasteiger partial charge in [-0.25, -0.2) is 4.98 Å². The van der Waals surface area contributed by atoms with Gasteiger partial charge in [0, 0.05) is 5.56 Å². The van der Waals surface area contributed by atoms with Crippen LogP contribution in [0.5, 0.6) is 5.75 Å². The van der Waals surface area contributed by atoms with Crippen molar-refractivity contribution in [2.45, 2.75) is 13.0 Å². The highest BCUT2D eigenvalue weighted by Crippen LogP contribution is 2.14. The van der Waals surface area contributed by atoms with E-state index in [0.717, 1.165) is 11.0 Å². The second-order valence-electron chi connectivity index (χ2n) is 5.52. The summed E-state index contributed by atoms with van der Waals surface area (Å²) >= 11 is 0. The fourth-order valence-corrected chi connectivity index (χ4v) is 2.32. The van der Waals surface area contributed by atoms with Gasteiger partial charge in [-0.3, -0.25) is 14.9 Å². The number of hydrogen-bond donors (Lipinski definition) is 3. The van der Waals surface area contributed by atoms with Crippen molar-refractivity contribution in [3.05, 3.63) is 54.1 Å². The smallest absolute Gasteiger partial charge is 0.251 e. The fourth-order valence-electron chi connectivity index (χ4n) is 2.32. The first kappa shape index (κ1) is 16.5. The lowest BCUT2D eigenvalue weighted by Crippen LogP contribution is -2.41. The normalized spacial score (nSPS) is 11.8. The number of carbonyl (C=O) groups is 2. The molecule has 0 radical (unpaired) electrons. The number of carbonyl (C=O) groups excluding carboxylic acids is 2. The SMILES string of the molecule is COc1ccc(C(=O)N[C@@H](C)C(=O)Nc2nc3ccccc3[nH]2)cc1. The Morgan fingerprint density at radius 3 is 2.52 bits per heavy atom. The van der Waals surface area contributed by atoms with Gasteiger partial charge < -0.3 is 15.0 Å². The molecule has 1 heterocycles. The number of para-hydroxylation sites is 2. The lowest BCUT2D eigenvalue weighted by molar-refractivity contribution is -0.117. The molecule has 0 bridgehead atoms. The van der Waals surface area contributed by atoms with E-state index in [-0.39, 0.29) is 11.8 Å². The molecule has 0 aliphatic rings. The molecule has 3 aromatic rings. The van der Waals surface area contributed by atoms with Crippen LogP contribution >= 0.6 is 0 Å². The molecular weight excluding hydrogens is 320 g/mol. The van der Waals surface area contributed by atoms with Gasteiger partial charge in [0.15, 0.2) is 0 Å². The second-order valence-corrected chi connectivity index (χ2v) is 5.52. The number of benzene rings is 2. The summed E-state index contributed by atoms with van der Waals surface area (Å²) in [5.41, 5.74) is 2.03. The Morgan fingerprint density at radius 1 is 1.12 bits per heavy atom. The molecule has 0 saturated heterocycles. The molecule has 3 rings (SSSR count). The highest BCUT2D eigenvalue weighted by Gasteiger charge is 2.18. The summed E-state index contributed by atoms with van der Waals surface area (Å²) in [5, 5.41) is 5.32. The Bertz CT molecular complexity index is 869. The topological polar surface area (TPSA) is 96.1 Å². The first-order chi connectivity index (χ1) is 12.1. The minimum Gasteiger partial charge on any atom is -0.497 e. The van der Waals surface area contributed by atoms with Crippen LogP contribution in [0.3, 0.4) is 0 Å². The third-order valence-corrected chi connectivity index (χ3v) is 3.72. The van der Waals surface area contributed by atoms with Crippen molar-refractivity contribution in [3.8, 4) is 5.75 Å². The maximum absolute atomic E-state index is 12.3. The Labute approximate surface area is 144 Å². The molecule has 128 valence electrons. The largest absolute Gasteiger partial charge is 0.497 e.